The van der Waals surface area contributed by atoms with Crippen molar-refractivity contribution in [1.29, 1.82) is 0 Å². The van der Waals surface area contributed by atoms with E-state index in [0.29, 0.717) is 0 Å². The molecule has 3 N–H and O–H groups in total. The van der Waals surface area contributed by atoms with Crippen molar-refractivity contribution in [2.45, 2.75) is 12.5 Å². The van der Waals surface area contributed by atoms with E-state index in [4.69, 9.17) is 5.73 Å². The highest BCUT2D eigenvalue weighted by Crippen LogP contribution is 2.37. The quantitative estimate of drug-likeness (QED) is 0.782. The van der Waals surface area contributed by atoms with Crippen LogP contribution in [-0.4, -0.2) is 17.1 Å². The summed E-state index contributed by atoms with van der Waals surface area (Å²) in [5.41, 5.74) is 7.29. The van der Waals surface area contributed by atoms with Gasteiger partial charge in [0.25, 0.3) is 0 Å². The van der Waals surface area contributed by atoms with E-state index in [1.54, 1.807) is 6.20 Å². The molecule has 0 fully saturated rings. The summed E-state index contributed by atoms with van der Waals surface area (Å²) in [6.45, 7) is 0. The van der Waals surface area contributed by atoms with Crippen molar-refractivity contribution < 1.29 is 17.6 Å². The van der Waals surface area contributed by atoms with Gasteiger partial charge in [0.1, 0.15) is 5.82 Å². The monoisotopic (exact) mass is 298 g/mol. The Balaban J connectivity index is 2.16. The van der Waals surface area contributed by atoms with Gasteiger partial charge < -0.3 is 0 Å². The molecule has 2 aliphatic heterocycles. The molecular weight excluding hydrogens is 288 g/mol. The molecule has 0 amide bonds. The molecule has 0 spiro atoms. The fourth-order valence-electron chi connectivity index (χ4n) is 2.24. The van der Waals surface area contributed by atoms with Crippen molar-refractivity contribution in [3.63, 3.8) is 0 Å². The van der Waals surface area contributed by atoms with Crippen LogP contribution in [0.2, 0.25) is 0 Å². The number of hydrogen-bond donors (Lipinski definition) is 2. The van der Waals surface area contributed by atoms with Gasteiger partial charge >= 0.3 is 6.18 Å². The molecule has 1 aromatic carbocycles. The number of aliphatic imine (C=N–C) groups is 1. The average molecular weight is 298 g/mol. The summed E-state index contributed by atoms with van der Waals surface area (Å²) in [5.74, 6) is -0.531. The maximum atomic E-state index is 13.4. The Kier molecular flexibility index (Phi) is 3.07. The van der Waals surface area contributed by atoms with E-state index in [1.807, 2.05) is 0 Å². The van der Waals surface area contributed by atoms with Crippen LogP contribution in [0.25, 0.3) is 5.57 Å². The summed E-state index contributed by atoms with van der Waals surface area (Å²) in [6.07, 6.45) is -0.801. The van der Waals surface area contributed by atoms with Gasteiger partial charge in [-0.15, -0.1) is 0 Å². The Hall–Kier alpha value is -2.19. The Bertz CT molecular complexity index is 675. The summed E-state index contributed by atoms with van der Waals surface area (Å²) < 4.78 is 52.7. The largest absolute Gasteiger partial charge is 0.417 e. The fraction of sp³-hybridized carbons (Fsp3) is 0.154. The van der Waals surface area contributed by atoms with Crippen molar-refractivity contribution in [3.8, 4) is 0 Å². The topological polar surface area (TPSA) is 53.6 Å². The molecule has 110 valence electrons. The lowest BCUT2D eigenvalue weighted by atomic mass is 9.96. The first-order chi connectivity index (χ1) is 9.86. The Morgan fingerprint density at radius 3 is 2.76 bits per heavy atom. The van der Waals surface area contributed by atoms with Gasteiger partial charge in [0, 0.05) is 17.3 Å². The van der Waals surface area contributed by atoms with Crippen LogP contribution in [0.15, 0.2) is 41.5 Å². The maximum Gasteiger partial charge on any atom is 0.417 e. The van der Waals surface area contributed by atoms with Gasteiger partial charge in [-0.1, -0.05) is 0 Å². The van der Waals surface area contributed by atoms with Crippen LogP contribution in [-0.2, 0) is 6.18 Å². The number of benzene rings is 1. The summed E-state index contributed by atoms with van der Waals surface area (Å²) in [7, 11) is 0. The number of alkyl halides is 3. The second kappa shape index (κ2) is 4.68. The van der Waals surface area contributed by atoms with Gasteiger partial charge in [0.2, 0.25) is 0 Å². The second-order valence-electron chi connectivity index (χ2n) is 4.51. The van der Waals surface area contributed by atoms with Crippen LogP contribution in [0.3, 0.4) is 0 Å². The third-order valence-electron chi connectivity index (χ3n) is 3.08. The first kappa shape index (κ1) is 13.8. The molecular formula is C13H10F4N4. The maximum absolute atomic E-state index is 13.4. The Morgan fingerprint density at radius 2 is 2.05 bits per heavy atom. The van der Waals surface area contributed by atoms with Crippen LogP contribution >= 0.6 is 0 Å². The molecule has 2 aliphatic rings. The number of nitrogens with zero attached hydrogens (tertiary/aromatic N) is 2. The number of rotatable bonds is 1. The normalized spacial score (nSPS) is 21.2. The predicted octanol–water partition coefficient (Wildman–Crippen LogP) is 2.22. The fourth-order valence-corrected chi connectivity index (χ4v) is 2.24. The average Bonchev–Trinajstić information content (AvgIpc) is 2.77. The van der Waals surface area contributed by atoms with Crippen molar-refractivity contribution in [3.05, 3.63) is 53.5 Å². The standard InChI is InChI=1S/C13H10F4N4/c14-7-3-4-10(13(15,16)17)9(6-7)8-2-1-5-21-11(8)19-12(18)20-21/h1-6,12,20H,18H2. The molecule has 1 unspecified atom stereocenters. The van der Waals surface area contributed by atoms with E-state index in [9.17, 15) is 17.6 Å². The number of nitrogens with two attached hydrogens (primary N) is 1. The van der Waals surface area contributed by atoms with Crippen LogP contribution in [0.5, 0.6) is 0 Å². The minimum Gasteiger partial charge on any atom is -0.296 e. The zero-order valence-corrected chi connectivity index (χ0v) is 10.5. The number of fused-ring (bicyclic) bond motifs is 1. The number of allylic oxidation sites excluding steroid dienone is 2. The highest BCUT2D eigenvalue weighted by molar-refractivity contribution is 6.24. The van der Waals surface area contributed by atoms with Crippen molar-refractivity contribution >= 4 is 11.4 Å². The van der Waals surface area contributed by atoms with Gasteiger partial charge in [-0.2, -0.15) is 18.6 Å². The minimum absolute atomic E-state index is 0.157. The van der Waals surface area contributed by atoms with Crippen LogP contribution < -0.4 is 11.2 Å². The summed E-state index contributed by atoms with van der Waals surface area (Å²) in [4.78, 5) is 4.02. The van der Waals surface area contributed by atoms with Gasteiger partial charge in [0.15, 0.2) is 12.1 Å². The predicted molar refractivity (Wildman–Crippen MR) is 68.9 cm³/mol. The van der Waals surface area contributed by atoms with E-state index in [-0.39, 0.29) is 17.0 Å². The van der Waals surface area contributed by atoms with E-state index in [0.717, 1.165) is 18.2 Å². The summed E-state index contributed by atoms with van der Waals surface area (Å²) in [6, 6.07) is 2.35. The highest BCUT2D eigenvalue weighted by atomic mass is 19.4. The number of hydrogen-bond acceptors (Lipinski definition) is 4. The molecule has 0 saturated heterocycles. The molecule has 0 saturated carbocycles. The third-order valence-corrected chi connectivity index (χ3v) is 3.08. The smallest absolute Gasteiger partial charge is 0.296 e. The second-order valence-corrected chi connectivity index (χ2v) is 4.51. The molecule has 0 aromatic heterocycles. The number of nitrogens with one attached hydrogen (secondary N) is 1. The van der Waals surface area contributed by atoms with E-state index in [1.165, 1.54) is 17.2 Å². The van der Waals surface area contributed by atoms with E-state index in [2.05, 4.69) is 10.4 Å². The summed E-state index contributed by atoms with van der Waals surface area (Å²) >= 11 is 0. The zero-order valence-electron chi connectivity index (χ0n) is 10.5. The van der Waals surface area contributed by atoms with E-state index >= 15 is 0 Å². The van der Waals surface area contributed by atoms with Gasteiger partial charge in [-0.25, -0.2) is 9.38 Å². The lowest BCUT2D eigenvalue weighted by Crippen LogP contribution is -2.41. The molecule has 0 bridgehead atoms. The van der Waals surface area contributed by atoms with Crippen LogP contribution in [0.1, 0.15) is 11.1 Å². The van der Waals surface area contributed by atoms with Gasteiger partial charge in [0.05, 0.1) is 5.56 Å². The number of hydrazine groups is 1. The zero-order chi connectivity index (χ0) is 15.2. The summed E-state index contributed by atoms with van der Waals surface area (Å²) in [5, 5.41) is 1.41. The highest BCUT2D eigenvalue weighted by Gasteiger charge is 2.36. The lowest BCUT2D eigenvalue weighted by molar-refractivity contribution is -0.137. The van der Waals surface area contributed by atoms with Crippen LogP contribution in [0, 0.1) is 5.82 Å². The third kappa shape index (κ3) is 2.43. The molecule has 0 aliphatic carbocycles. The number of amidine groups is 1. The molecule has 4 nitrogen and oxygen atoms in total. The Labute approximate surface area is 117 Å². The Morgan fingerprint density at radius 1 is 1.29 bits per heavy atom. The van der Waals surface area contributed by atoms with Crippen LogP contribution in [0.4, 0.5) is 17.6 Å². The number of halogens is 4. The molecule has 1 aromatic rings. The SMILES string of the molecule is NC1N=C2C(c3cc(F)ccc3C(F)(F)F)=CC=CN2N1. The minimum atomic E-state index is -4.59. The molecule has 3 rings (SSSR count). The molecule has 0 radical (unpaired) electrons. The molecule has 1 atom stereocenters. The van der Waals surface area contributed by atoms with Gasteiger partial charge in [-0.05, 0) is 30.4 Å². The first-order valence-electron chi connectivity index (χ1n) is 6.01. The lowest BCUT2D eigenvalue weighted by Gasteiger charge is -2.23. The van der Waals surface area contributed by atoms with E-state index < -0.39 is 23.8 Å². The first-order valence-corrected chi connectivity index (χ1v) is 6.01. The van der Waals surface area contributed by atoms with Crippen molar-refractivity contribution in [2.24, 2.45) is 10.7 Å². The molecule has 2 heterocycles. The molecule has 21 heavy (non-hydrogen) atoms. The molecule has 8 heteroatoms. The van der Waals surface area contributed by atoms with Gasteiger partial charge in [-0.3, -0.25) is 10.7 Å². The van der Waals surface area contributed by atoms with Crippen molar-refractivity contribution in [1.82, 2.24) is 10.4 Å². The van der Waals surface area contributed by atoms with Crippen molar-refractivity contribution in [2.75, 3.05) is 0 Å².